The second-order valence-electron chi connectivity index (χ2n) is 9.34. The molecular weight excluding hydrogens is 430 g/mol. The Hall–Kier alpha value is -3.46. The van der Waals surface area contributed by atoms with E-state index in [2.05, 4.69) is 43.7 Å². The van der Waals surface area contributed by atoms with Gasteiger partial charge in [0.2, 0.25) is 5.91 Å². The number of carbonyl (C=O) groups excluding carboxylic acids is 1. The summed E-state index contributed by atoms with van der Waals surface area (Å²) in [5.74, 6) is 1.01. The molecule has 1 aromatic carbocycles. The molecular formula is C25H29N7O2. The average Bonchev–Trinajstić information content (AvgIpc) is 3.29. The summed E-state index contributed by atoms with van der Waals surface area (Å²) in [5, 5.41) is 11.7. The lowest BCUT2D eigenvalue weighted by molar-refractivity contribution is -0.124. The highest BCUT2D eigenvalue weighted by atomic mass is 16.5. The van der Waals surface area contributed by atoms with Crippen molar-refractivity contribution in [1.82, 2.24) is 20.0 Å². The van der Waals surface area contributed by atoms with Crippen molar-refractivity contribution < 1.29 is 9.53 Å². The summed E-state index contributed by atoms with van der Waals surface area (Å²) in [5.41, 5.74) is 5.02. The molecule has 176 valence electrons. The molecule has 1 amide bonds. The van der Waals surface area contributed by atoms with Crippen LogP contribution in [-0.2, 0) is 29.2 Å². The van der Waals surface area contributed by atoms with Gasteiger partial charge in [-0.15, -0.1) is 5.10 Å². The Kier molecular flexibility index (Phi) is 5.41. The van der Waals surface area contributed by atoms with Crippen molar-refractivity contribution in [2.45, 2.75) is 51.4 Å². The fourth-order valence-electron chi connectivity index (χ4n) is 5.37. The van der Waals surface area contributed by atoms with E-state index in [0.29, 0.717) is 6.54 Å². The van der Waals surface area contributed by atoms with Crippen LogP contribution in [0.1, 0.15) is 36.9 Å². The van der Waals surface area contributed by atoms with E-state index in [1.165, 1.54) is 0 Å². The first-order chi connectivity index (χ1) is 16.7. The quantitative estimate of drug-likeness (QED) is 0.641. The van der Waals surface area contributed by atoms with Gasteiger partial charge in [0.05, 0.1) is 49.0 Å². The Morgan fingerprint density at radius 1 is 1.12 bits per heavy atom. The number of ether oxygens (including phenoxy) is 1. The van der Waals surface area contributed by atoms with Crippen LogP contribution in [0.25, 0.3) is 0 Å². The minimum atomic E-state index is 0.0107. The predicted molar refractivity (Wildman–Crippen MR) is 129 cm³/mol. The van der Waals surface area contributed by atoms with Crippen molar-refractivity contribution in [3.63, 3.8) is 0 Å². The van der Waals surface area contributed by atoms with Gasteiger partial charge in [0.25, 0.3) is 0 Å². The van der Waals surface area contributed by atoms with Crippen LogP contribution >= 0.6 is 0 Å². The van der Waals surface area contributed by atoms with Crippen LogP contribution in [0.5, 0.6) is 0 Å². The number of aromatic nitrogens is 4. The van der Waals surface area contributed by atoms with Crippen LogP contribution in [0, 0.1) is 5.92 Å². The van der Waals surface area contributed by atoms with E-state index < -0.39 is 0 Å². The molecule has 2 aromatic heterocycles. The average molecular weight is 460 g/mol. The number of carbonyl (C=O) groups is 1. The Labute approximate surface area is 198 Å². The zero-order chi connectivity index (χ0) is 23.1. The molecule has 0 atom stereocenters. The number of fused-ring (bicyclic) bond motifs is 3. The number of pyridine rings is 1. The first-order valence-corrected chi connectivity index (χ1v) is 12.0. The van der Waals surface area contributed by atoms with Crippen molar-refractivity contribution in [2.24, 2.45) is 5.92 Å². The summed E-state index contributed by atoms with van der Waals surface area (Å²) < 4.78 is 7.48. The number of rotatable bonds is 3. The van der Waals surface area contributed by atoms with Gasteiger partial charge in [-0.3, -0.25) is 4.79 Å². The summed E-state index contributed by atoms with van der Waals surface area (Å²) in [6, 6.07) is 10.3. The molecule has 0 unspecified atom stereocenters. The van der Waals surface area contributed by atoms with Crippen LogP contribution in [0.3, 0.4) is 0 Å². The van der Waals surface area contributed by atoms with E-state index >= 15 is 0 Å². The first-order valence-electron chi connectivity index (χ1n) is 12.0. The van der Waals surface area contributed by atoms with E-state index in [1.807, 2.05) is 27.9 Å². The Bertz CT molecular complexity index is 1200. The van der Waals surface area contributed by atoms with Gasteiger partial charge in [0, 0.05) is 37.0 Å². The molecule has 0 spiro atoms. The number of amides is 1. The fourth-order valence-corrected chi connectivity index (χ4v) is 5.37. The normalized spacial score (nSPS) is 21.7. The number of benzene rings is 1. The molecule has 1 saturated carbocycles. The van der Waals surface area contributed by atoms with E-state index in [-0.39, 0.29) is 17.9 Å². The van der Waals surface area contributed by atoms with Crippen molar-refractivity contribution in [3.05, 3.63) is 54.0 Å². The largest absolute Gasteiger partial charge is 0.381 e. The van der Waals surface area contributed by atoms with Gasteiger partial charge >= 0.3 is 0 Å². The summed E-state index contributed by atoms with van der Waals surface area (Å²) in [7, 11) is 1.76. The van der Waals surface area contributed by atoms with Gasteiger partial charge in [-0.25, -0.2) is 9.67 Å². The predicted octanol–water partition coefficient (Wildman–Crippen LogP) is 3.49. The molecule has 0 radical (unpaired) electrons. The highest BCUT2D eigenvalue weighted by Gasteiger charge is 2.33. The summed E-state index contributed by atoms with van der Waals surface area (Å²) in [6.45, 7) is 2.90. The molecule has 0 bridgehead atoms. The number of hydrogen-bond acceptors (Lipinski definition) is 7. The molecule has 1 fully saturated rings. The van der Waals surface area contributed by atoms with Gasteiger partial charge in [-0.1, -0.05) is 11.3 Å². The monoisotopic (exact) mass is 459 g/mol. The van der Waals surface area contributed by atoms with Crippen LogP contribution in [0.4, 0.5) is 22.9 Å². The smallest absolute Gasteiger partial charge is 0.230 e. The van der Waals surface area contributed by atoms with Crippen molar-refractivity contribution >= 4 is 28.8 Å². The molecule has 3 aromatic rings. The SMILES string of the molecule is COC1CCC(C(=O)N2Cc3cccnc3Nc3ccc(N4CCn5nncc5C4)cc32)CC1. The lowest BCUT2D eigenvalue weighted by Gasteiger charge is -2.33. The lowest BCUT2D eigenvalue weighted by atomic mass is 9.86. The van der Waals surface area contributed by atoms with E-state index in [0.717, 1.165) is 79.5 Å². The summed E-state index contributed by atoms with van der Waals surface area (Å²) >= 11 is 0. The third-order valence-electron chi connectivity index (χ3n) is 7.37. The molecule has 1 aliphatic carbocycles. The number of methoxy groups -OCH3 is 1. The molecule has 9 heteroatoms. The van der Waals surface area contributed by atoms with Crippen molar-refractivity contribution in [1.29, 1.82) is 0 Å². The Morgan fingerprint density at radius 3 is 2.85 bits per heavy atom. The third-order valence-corrected chi connectivity index (χ3v) is 7.37. The van der Waals surface area contributed by atoms with E-state index in [4.69, 9.17) is 4.74 Å². The van der Waals surface area contributed by atoms with Gasteiger partial charge < -0.3 is 19.9 Å². The second kappa shape index (κ2) is 8.72. The second-order valence-corrected chi connectivity index (χ2v) is 9.34. The van der Waals surface area contributed by atoms with Crippen molar-refractivity contribution in [3.8, 4) is 0 Å². The van der Waals surface area contributed by atoms with Crippen LogP contribution in [-0.4, -0.2) is 45.6 Å². The number of hydrogen-bond donors (Lipinski definition) is 1. The molecule has 3 aliphatic rings. The summed E-state index contributed by atoms with van der Waals surface area (Å²) in [4.78, 5) is 22.7. The molecule has 0 saturated heterocycles. The van der Waals surface area contributed by atoms with Gasteiger partial charge in [0.1, 0.15) is 5.82 Å². The Balaban J connectivity index is 1.34. The standard InChI is InChI=1S/C25H29N7O2/c1-34-21-7-4-17(5-8-21)25(33)31-15-18-3-2-10-26-24(18)28-22-9-6-19(13-23(22)31)30-11-12-32-20(16-30)14-27-29-32/h2-3,6,9-10,13-14,17,21H,4-5,7-8,11-12,15-16H2,1H3,(H,26,28). The van der Waals surface area contributed by atoms with E-state index in [1.54, 1.807) is 13.3 Å². The van der Waals surface area contributed by atoms with Crippen LogP contribution in [0.15, 0.2) is 42.7 Å². The molecule has 4 heterocycles. The molecule has 34 heavy (non-hydrogen) atoms. The van der Waals surface area contributed by atoms with Gasteiger partial charge in [-0.2, -0.15) is 0 Å². The fraction of sp³-hybridized carbons (Fsp3) is 0.440. The van der Waals surface area contributed by atoms with Gasteiger partial charge in [-0.05, 0) is 49.9 Å². The van der Waals surface area contributed by atoms with Gasteiger partial charge in [0.15, 0.2) is 0 Å². The number of nitrogens with zero attached hydrogens (tertiary/aromatic N) is 6. The lowest BCUT2D eigenvalue weighted by Crippen LogP contribution is -2.38. The maximum atomic E-state index is 13.9. The van der Waals surface area contributed by atoms with Crippen molar-refractivity contribution in [2.75, 3.05) is 28.8 Å². The highest BCUT2D eigenvalue weighted by Crippen LogP contribution is 2.40. The molecule has 2 aliphatic heterocycles. The third kappa shape index (κ3) is 3.79. The molecule has 6 rings (SSSR count). The minimum Gasteiger partial charge on any atom is -0.381 e. The van der Waals surface area contributed by atoms with E-state index in [9.17, 15) is 4.79 Å². The molecule has 1 N–H and O–H groups in total. The molecule has 9 nitrogen and oxygen atoms in total. The minimum absolute atomic E-state index is 0.0107. The highest BCUT2D eigenvalue weighted by molar-refractivity contribution is 6.00. The topological polar surface area (TPSA) is 88.4 Å². The van der Waals surface area contributed by atoms with Crippen LogP contribution in [0.2, 0.25) is 0 Å². The number of anilines is 4. The Morgan fingerprint density at radius 2 is 2.00 bits per heavy atom. The first kappa shape index (κ1) is 21.1. The maximum Gasteiger partial charge on any atom is 0.230 e. The number of nitrogens with one attached hydrogen (secondary N) is 1. The van der Waals surface area contributed by atoms with Crippen LogP contribution < -0.4 is 15.1 Å². The summed E-state index contributed by atoms with van der Waals surface area (Å²) in [6.07, 6.45) is 7.46. The zero-order valence-corrected chi connectivity index (χ0v) is 19.4. The zero-order valence-electron chi connectivity index (χ0n) is 19.4. The maximum absolute atomic E-state index is 13.9.